The third-order valence-electron chi connectivity index (χ3n) is 10.2. The second-order valence-corrected chi connectivity index (χ2v) is 16.1. The van der Waals surface area contributed by atoms with Crippen LogP contribution in [-0.2, 0) is 28.6 Å². The van der Waals surface area contributed by atoms with Crippen molar-refractivity contribution in [2.75, 3.05) is 13.2 Å². The number of ether oxygens (including phenoxy) is 3. The maximum absolute atomic E-state index is 12.8. The van der Waals surface area contributed by atoms with Crippen LogP contribution in [0.3, 0.4) is 0 Å². The van der Waals surface area contributed by atoms with E-state index >= 15 is 0 Å². The third kappa shape index (κ3) is 45.7. The van der Waals surface area contributed by atoms with Crippen LogP contribution in [-0.4, -0.2) is 37.2 Å². The zero-order valence-corrected chi connectivity index (χ0v) is 38.9. The van der Waals surface area contributed by atoms with E-state index in [-0.39, 0.29) is 31.1 Å². The van der Waals surface area contributed by atoms with Crippen LogP contribution in [0.25, 0.3) is 0 Å². The molecule has 0 fully saturated rings. The molecular formula is C54H90O6. The monoisotopic (exact) mass is 835 g/mol. The standard InChI is InChI=1S/C54H90O6/c1-4-7-10-13-16-19-22-25-27-30-32-35-38-41-44-47-53(56)59-50-51(49-58-52(55)46-43-40-37-34-31-28-24-21-18-15-12-9-6-3)60-54(57)48-45-42-39-36-33-29-26-23-20-17-14-11-8-5-2/h7-8,10-11,13,16-17,19-20,22,25-27,29,51H,4-6,9,12,14-15,18,21,23-24,28,30-50H2,1-3H3/b10-7-,11-8-,16-13-,20-17-,22-19-,27-25-,29-26-. The summed E-state index contributed by atoms with van der Waals surface area (Å²) in [6.45, 7) is 6.34. The van der Waals surface area contributed by atoms with Crippen LogP contribution in [0, 0.1) is 0 Å². The van der Waals surface area contributed by atoms with Crippen LogP contribution in [0.5, 0.6) is 0 Å². The Bertz CT molecular complexity index is 1190. The summed E-state index contributed by atoms with van der Waals surface area (Å²) in [5.74, 6) is -0.941. The lowest BCUT2D eigenvalue weighted by atomic mass is 10.0. The van der Waals surface area contributed by atoms with E-state index in [2.05, 4.69) is 87.6 Å². The first-order chi connectivity index (χ1) is 29.5. The lowest BCUT2D eigenvalue weighted by Gasteiger charge is -2.18. The fourth-order valence-electron chi connectivity index (χ4n) is 6.58. The van der Waals surface area contributed by atoms with Gasteiger partial charge in [-0.05, 0) is 70.6 Å². The maximum atomic E-state index is 12.8. The first-order valence-electron chi connectivity index (χ1n) is 24.6. The van der Waals surface area contributed by atoms with Crippen molar-refractivity contribution in [3.63, 3.8) is 0 Å². The summed E-state index contributed by atoms with van der Waals surface area (Å²) >= 11 is 0. The minimum atomic E-state index is -0.796. The Labute approximate surface area is 369 Å². The highest BCUT2D eigenvalue weighted by Gasteiger charge is 2.19. The van der Waals surface area contributed by atoms with Crippen LogP contribution in [0.4, 0.5) is 0 Å². The highest BCUT2D eigenvalue weighted by molar-refractivity contribution is 5.71. The predicted molar refractivity (Wildman–Crippen MR) is 256 cm³/mol. The molecule has 0 aliphatic carbocycles. The van der Waals surface area contributed by atoms with E-state index in [1.807, 2.05) is 18.2 Å². The smallest absolute Gasteiger partial charge is 0.306 e. The van der Waals surface area contributed by atoms with Gasteiger partial charge >= 0.3 is 17.9 Å². The second-order valence-electron chi connectivity index (χ2n) is 16.1. The van der Waals surface area contributed by atoms with Gasteiger partial charge in [0.1, 0.15) is 13.2 Å². The van der Waals surface area contributed by atoms with Crippen LogP contribution >= 0.6 is 0 Å². The second kappa shape index (κ2) is 48.3. The van der Waals surface area contributed by atoms with Crippen molar-refractivity contribution in [3.8, 4) is 0 Å². The highest BCUT2D eigenvalue weighted by Crippen LogP contribution is 2.14. The number of esters is 3. The number of carbonyl (C=O) groups excluding carboxylic acids is 3. The largest absolute Gasteiger partial charge is 0.462 e. The van der Waals surface area contributed by atoms with Gasteiger partial charge in [-0.1, -0.05) is 215 Å². The Morgan fingerprint density at radius 2 is 0.733 bits per heavy atom. The molecular weight excluding hydrogens is 745 g/mol. The minimum absolute atomic E-state index is 0.0928. The molecule has 0 aromatic carbocycles. The van der Waals surface area contributed by atoms with E-state index in [1.165, 1.54) is 64.2 Å². The summed E-state index contributed by atoms with van der Waals surface area (Å²) in [5, 5.41) is 0. The Kier molecular flexibility index (Phi) is 45.5. The number of hydrogen-bond donors (Lipinski definition) is 0. The third-order valence-corrected chi connectivity index (χ3v) is 10.2. The fourth-order valence-corrected chi connectivity index (χ4v) is 6.58. The van der Waals surface area contributed by atoms with Crippen molar-refractivity contribution >= 4 is 17.9 Å². The first-order valence-corrected chi connectivity index (χ1v) is 24.6. The van der Waals surface area contributed by atoms with Crippen LogP contribution in [0.2, 0.25) is 0 Å². The van der Waals surface area contributed by atoms with Gasteiger partial charge in [-0.3, -0.25) is 14.4 Å². The average molecular weight is 835 g/mol. The summed E-state index contributed by atoms with van der Waals surface area (Å²) in [7, 11) is 0. The lowest BCUT2D eigenvalue weighted by molar-refractivity contribution is -0.167. The van der Waals surface area contributed by atoms with E-state index in [0.717, 1.165) is 116 Å². The molecule has 6 nitrogen and oxygen atoms in total. The van der Waals surface area contributed by atoms with Crippen molar-refractivity contribution in [1.82, 2.24) is 0 Å². The summed E-state index contributed by atoms with van der Waals surface area (Å²) in [4.78, 5) is 37.9. The summed E-state index contributed by atoms with van der Waals surface area (Å²) in [6.07, 6.45) is 61.3. The molecule has 0 spiro atoms. The van der Waals surface area contributed by atoms with Crippen LogP contribution < -0.4 is 0 Å². The van der Waals surface area contributed by atoms with E-state index in [9.17, 15) is 14.4 Å². The number of unbranched alkanes of at least 4 members (excludes halogenated alkanes) is 21. The number of hydrogen-bond acceptors (Lipinski definition) is 6. The van der Waals surface area contributed by atoms with Gasteiger partial charge in [-0.2, -0.15) is 0 Å². The fraction of sp³-hybridized carbons (Fsp3) is 0.685. The molecule has 0 heterocycles. The molecule has 0 aliphatic rings. The molecule has 0 amide bonds. The van der Waals surface area contributed by atoms with Crippen molar-refractivity contribution < 1.29 is 28.6 Å². The molecule has 0 rings (SSSR count). The molecule has 60 heavy (non-hydrogen) atoms. The topological polar surface area (TPSA) is 78.9 Å². The molecule has 0 aromatic rings. The summed E-state index contributed by atoms with van der Waals surface area (Å²) in [6, 6.07) is 0. The van der Waals surface area contributed by atoms with Gasteiger partial charge in [0, 0.05) is 19.3 Å². The van der Waals surface area contributed by atoms with Crippen molar-refractivity contribution in [1.29, 1.82) is 0 Å². The van der Waals surface area contributed by atoms with Crippen LogP contribution in [0.15, 0.2) is 85.1 Å². The van der Waals surface area contributed by atoms with Crippen molar-refractivity contribution in [2.24, 2.45) is 0 Å². The number of allylic oxidation sites excluding steroid dienone is 14. The molecule has 0 saturated heterocycles. The van der Waals surface area contributed by atoms with Crippen molar-refractivity contribution in [3.05, 3.63) is 85.1 Å². The van der Waals surface area contributed by atoms with Gasteiger partial charge in [0.15, 0.2) is 6.10 Å². The summed E-state index contributed by atoms with van der Waals surface area (Å²) in [5.41, 5.74) is 0. The van der Waals surface area contributed by atoms with E-state index < -0.39 is 6.10 Å². The average Bonchev–Trinajstić information content (AvgIpc) is 3.24. The van der Waals surface area contributed by atoms with Gasteiger partial charge in [0.05, 0.1) is 0 Å². The van der Waals surface area contributed by atoms with Gasteiger partial charge in [0.2, 0.25) is 0 Å². The van der Waals surface area contributed by atoms with Gasteiger partial charge in [-0.15, -0.1) is 0 Å². The van der Waals surface area contributed by atoms with Gasteiger partial charge in [0.25, 0.3) is 0 Å². The molecule has 0 N–H and O–H groups in total. The molecule has 0 radical (unpaired) electrons. The molecule has 1 unspecified atom stereocenters. The lowest BCUT2D eigenvalue weighted by Crippen LogP contribution is -2.30. The highest BCUT2D eigenvalue weighted by atomic mass is 16.6. The Balaban J connectivity index is 4.47. The normalized spacial score (nSPS) is 12.8. The SMILES string of the molecule is CC\C=C/C=C\C=C/C=C\CCCCCCCC(=O)OCC(COC(=O)CCCCCCCCCCCCCCC)OC(=O)CCCCCC/C=C\C/C=C\C/C=C\CC. The van der Waals surface area contributed by atoms with Crippen LogP contribution in [0.1, 0.15) is 220 Å². The van der Waals surface area contributed by atoms with E-state index in [4.69, 9.17) is 14.2 Å². The quantitative estimate of drug-likeness (QED) is 0.0200. The van der Waals surface area contributed by atoms with E-state index in [1.54, 1.807) is 0 Å². The first kappa shape index (κ1) is 56.6. The molecule has 0 aromatic heterocycles. The maximum Gasteiger partial charge on any atom is 0.306 e. The molecule has 1 atom stereocenters. The predicted octanol–water partition coefficient (Wildman–Crippen LogP) is 16.0. The Hall–Kier alpha value is -3.41. The molecule has 0 bridgehead atoms. The minimum Gasteiger partial charge on any atom is -0.462 e. The summed E-state index contributed by atoms with van der Waals surface area (Å²) < 4.78 is 16.7. The zero-order valence-electron chi connectivity index (χ0n) is 38.9. The molecule has 0 aliphatic heterocycles. The van der Waals surface area contributed by atoms with E-state index in [0.29, 0.717) is 19.3 Å². The van der Waals surface area contributed by atoms with Crippen molar-refractivity contribution in [2.45, 2.75) is 226 Å². The van der Waals surface area contributed by atoms with Gasteiger partial charge in [-0.25, -0.2) is 0 Å². The molecule has 342 valence electrons. The number of carbonyl (C=O) groups is 3. The van der Waals surface area contributed by atoms with Gasteiger partial charge < -0.3 is 14.2 Å². The Morgan fingerprint density at radius 3 is 1.22 bits per heavy atom. The molecule has 0 saturated carbocycles. The Morgan fingerprint density at radius 1 is 0.367 bits per heavy atom. The molecule has 6 heteroatoms. The zero-order chi connectivity index (χ0) is 43.7. The number of rotatable bonds is 43.